The van der Waals surface area contributed by atoms with Crippen molar-refractivity contribution in [3.05, 3.63) is 83.4 Å². The van der Waals surface area contributed by atoms with Crippen molar-refractivity contribution >= 4 is 23.6 Å². The van der Waals surface area contributed by atoms with Gasteiger partial charge >= 0.3 is 0 Å². The van der Waals surface area contributed by atoms with Crippen LogP contribution >= 0.6 is 0 Å². The second kappa shape index (κ2) is 16.0. The Bertz CT molecular complexity index is 1490. The number of aromatic hydroxyl groups is 1. The molecule has 12 heteroatoms. The fourth-order valence-electron chi connectivity index (χ4n) is 4.86. The summed E-state index contributed by atoms with van der Waals surface area (Å²) < 4.78 is 16.4. The Balaban J connectivity index is 1.47. The minimum absolute atomic E-state index is 0.0693. The topological polar surface area (TPSA) is 164 Å². The zero-order chi connectivity index (χ0) is 32.2. The molecule has 1 aliphatic rings. The summed E-state index contributed by atoms with van der Waals surface area (Å²) >= 11 is 0. The third-order valence-electron chi connectivity index (χ3n) is 7.22. The Hall–Kier alpha value is -5.26. The van der Waals surface area contributed by atoms with Crippen molar-refractivity contribution in [2.75, 3.05) is 33.9 Å². The molecule has 0 bridgehead atoms. The second-order valence-corrected chi connectivity index (χ2v) is 10.4. The van der Waals surface area contributed by atoms with Crippen LogP contribution in [0.25, 0.3) is 0 Å². The number of ether oxygens (including phenoxy) is 3. The molecule has 1 heterocycles. The van der Waals surface area contributed by atoms with Gasteiger partial charge in [0.25, 0.3) is 5.91 Å². The van der Waals surface area contributed by atoms with Crippen molar-refractivity contribution < 1.29 is 38.5 Å². The fraction of sp³-hybridized carbons (Fsp3) is 0.333. The molecule has 0 aromatic heterocycles. The van der Waals surface area contributed by atoms with Crippen LogP contribution in [0.2, 0.25) is 0 Å². The third-order valence-corrected chi connectivity index (χ3v) is 7.22. The Kier molecular flexibility index (Phi) is 11.6. The minimum Gasteiger partial charge on any atom is -0.508 e. The van der Waals surface area contributed by atoms with Crippen molar-refractivity contribution in [1.29, 1.82) is 0 Å². The van der Waals surface area contributed by atoms with E-state index in [1.54, 1.807) is 50.6 Å². The van der Waals surface area contributed by atoms with Crippen molar-refractivity contribution in [2.24, 2.45) is 0 Å². The molecule has 0 saturated heterocycles. The van der Waals surface area contributed by atoms with Crippen molar-refractivity contribution in [3.8, 4) is 23.0 Å². The summed E-state index contributed by atoms with van der Waals surface area (Å²) in [5, 5.41) is 20.6. The van der Waals surface area contributed by atoms with Gasteiger partial charge in [-0.1, -0.05) is 30.3 Å². The molecule has 1 aliphatic heterocycles. The lowest BCUT2D eigenvalue weighted by Crippen LogP contribution is -2.53. The van der Waals surface area contributed by atoms with E-state index < -0.39 is 42.1 Å². The van der Waals surface area contributed by atoms with Gasteiger partial charge in [0.2, 0.25) is 17.7 Å². The zero-order valence-corrected chi connectivity index (χ0v) is 25.3. The molecule has 45 heavy (non-hydrogen) atoms. The molecule has 0 fully saturated rings. The van der Waals surface area contributed by atoms with Crippen molar-refractivity contribution in [1.82, 2.24) is 21.3 Å². The molecule has 4 rings (SSSR count). The van der Waals surface area contributed by atoms with Crippen LogP contribution in [0.15, 0.2) is 66.7 Å². The highest BCUT2D eigenvalue weighted by Crippen LogP contribution is 2.28. The van der Waals surface area contributed by atoms with E-state index >= 15 is 0 Å². The van der Waals surface area contributed by atoms with Crippen LogP contribution in [0.3, 0.4) is 0 Å². The number of amides is 4. The van der Waals surface area contributed by atoms with Gasteiger partial charge in [-0.05, 0) is 60.4 Å². The van der Waals surface area contributed by atoms with Crippen LogP contribution < -0.4 is 35.5 Å². The number of carbonyl (C=O) groups is 4. The quantitative estimate of drug-likeness (QED) is 0.227. The van der Waals surface area contributed by atoms with Gasteiger partial charge in [-0.15, -0.1) is 0 Å². The molecule has 0 aliphatic carbocycles. The molecule has 238 valence electrons. The Morgan fingerprint density at radius 1 is 0.956 bits per heavy atom. The molecule has 3 aromatic carbocycles. The maximum atomic E-state index is 13.3. The molecule has 0 unspecified atom stereocenters. The predicted octanol–water partition coefficient (Wildman–Crippen LogP) is 1.88. The van der Waals surface area contributed by atoms with Gasteiger partial charge in [-0.25, -0.2) is 0 Å². The van der Waals surface area contributed by atoms with Gasteiger partial charge in [0, 0.05) is 13.0 Å². The molecule has 5 N–H and O–H groups in total. The number of benzene rings is 3. The molecular formula is C33H38N4O8. The number of fused-ring (bicyclic) bond motifs is 1. The van der Waals surface area contributed by atoms with Gasteiger partial charge in [-0.2, -0.15) is 0 Å². The number of hydrogen-bond donors (Lipinski definition) is 5. The van der Waals surface area contributed by atoms with E-state index in [9.17, 15) is 24.3 Å². The summed E-state index contributed by atoms with van der Waals surface area (Å²) in [6.07, 6.45) is 0.951. The first kappa shape index (κ1) is 32.6. The van der Waals surface area contributed by atoms with Gasteiger partial charge in [0.15, 0.2) is 11.5 Å². The number of nitrogens with one attached hydrogen (secondary N) is 4. The Labute approximate surface area is 261 Å². The SMILES string of the molecule is COc1ccc(CCCNC(=O)[C@@H]2CC(=O)N[C@@H](Cc3ccc(O)cc3)C(=O)NCCOc3ccccc3C(=O)N2)cc1OC. The van der Waals surface area contributed by atoms with Gasteiger partial charge in [0.05, 0.1) is 32.7 Å². The number of phenolic OH excluding ortho intramolecular Hbond substituents is 1. The number of carbonyl (C=O) groups excluding carboxylic acids is 4. The van der Waals surface area contributed by atoms with E-state index in [1.807, 2.05) is 18.2 Å². The van der Waals surface area contributed by atoms with Gasteiger partial charge < -0.3 is 40.6 Å². The van der Waals surface area contributed by atoms with E-state index in [4.69, 9.17) is 14.2 Å². The summed E-state index contributed by atoms with van der Waals surface area (Å²) in [6, 6.07) is 16.2. The minimum atomic E-state index is -1.23. The maximum Gasteiger partial charge on any atom is 0.255 e. The average molecular weight is 619 g/mol. The van der Waals surface area contributed by atoms with Gasteiger partial charge in [-0.3, -0.25) is 19.2 Å². The molecule has 0 spiro atoms. The molecule has 4 amide bonds. The summed E-state index contributed by atoms with van der Waals surface area (Å²) in [6.45, 7) is 0.484. The normalized spacial score (nSPS) is 17.3. The van der Waals surface area contributed by atoms with Crippen LogP contribution in [0.4, 0.5) is 0 Å². The predicted molar refractivity (Wildman–Crippen MR) is 165 cm³/mol. The summed E-state index contributed by atoms with van der Waals surface area (Å²) in [7, 11) is 3.12. The summed E-state index contributed by atoms with van der Waals surface area (Å²) in [4.78, 5) is 52.9. The molecule has 0 saturated carbocycles. The van der Waals surface area contributed by atoms with Crippen LogP contribution in [-0.4, -0.2) is 74.7 Å². The van der Waals surface area contributed by atoms with Crippen LogP contribution in [0.5, 0.6) is 23.0 Å². The number of rotatable bonds is 9. The van der Waals surface area contributed by atoms with Crippen LogP contribution in [0, 0.1) is 0 Å². The largest absolute Gasteiger partial charge is 0.508 e. The lowest BCUT2D eigenvalue weighted by Gasteiger charge is -2.23. The number of para-hydroxylation sites is 1. The first-order valence-electron chi connectivity index (χ1n) is 14.6. The van der Waals surface area contributed by atoms with E-state index in [0.29, 0.717) is 29.9 Å². The van der Waals surface area contributed by atoms with E-state index in [-0.39, 0.29) is 43.2 Å². The molecule has 12 nitrogen and oxygen atoms in total. The molecule has 2 atom stereocenters. The number of phenols is 1. The van der Waals surface area contributed by atoms with Crippen molar-refractivity contribution in [2.45, 2.75) is 37.8 Å². The molecule has 0 radical (unpaired) electrons. The monoisotopic (exact) mass is 618 g/mol. The average Bonchev–Trinajstić information content (AvgIpc) is 3.04. The smallest absolute Gasteiger partial charge is 0.255 e. The Morgan fingerprint density at radius 2 is 1.69 bits per heavy atom. The first-order chi connectivity index (χ1) is 21.8. The molecule has 3 aromatic rings. The second-order valence-electron chi connectivity index (χ2n) is 10.4. The lowest BCUT2D eigenvalue weighted by atomic mass is 10.0. The summed E-state index contributed by atoms with van der Waals surface area (Å²) in [5.41, 5.74) is 1.89. The third kappa shape index (κ3) is 9.36. The number of hydrogen-bond acceptors (Lipinski definition) is 8. The highest BCUT2D eigenvalue weighted by molar-refractivity contribution is 6.01. The lowest BCUT2D eigenvalue weighted by molar-refractivity contribution is -0.131. The van der Waals surface area contributed by atoms with E-state index in [2.05, 4.69) is 21.3 Å². The standard InChI is InChI=1S/C33H38N4O8/c1-43-28-14-11-21(19-29(28)44-2)6-5-15-34-33(42)26-20-30(39)36-25(18-22-9-12-23(38)13-10-22)32(41)35-16-17-45-27-8-4-3-7-24(27)31(40)37-26/h3-4,7-14,19,25-26,38H,5-6,15-18,20H2,1-2H3,(H,34,42)(H,35,41)(H,36,39)(H,37,40)/t25-,26-/m0/s1. The Morgan fingerprint density at radius 3 is 2.44 bits per heavy atom. The maximum absolute atomic E-state index is 13.3. The summed E-state index contributed by atoms with van der Waals surface area (Å²) in [5.74, 6) is -0.584. The number of methoxy groups -OCH3 is 2. The highest BCUT2D eigenvalue weighted by atomic mass is 16.5. The zero-order valence-electron chi connectivity index (χ0n) is 25.3. The van der Waals surface area contributed by atoms with E-state index in [1.165, 1.54) is 12.1 Å². The van der Waals surface area contributed by atoms with Crippen molar-refractivity contribution in [3.63, 3.8) is 0 Å². The molecular weight excluding hydrogens is 580 g/mol. The van der Waals surface area contributed by atoms with Crippen LogP contribution in [0.1, 0.15) is 34.3 Å². The van der Waals surface area contributed by atoms with Gasteiger partial charge in [0.1, 0.15) is 30.2 Å². The van der Waals surface area contributed by atoms with Crippen LogP contribution in [-0.2, 0) is 27.2 Å². The fourth-order valence-corrected chi connectivity index (χ4v) is 4.86. The number of aryl methyl sites for hydroxylation is 1. The highest BCUT2D eigenvalue weighted by Gasteiger charge is 2.28. The first-order valence-corrected chi connectivity index (χ1v) is 14.6. The van der Waals surface area contributed by atoms with E-state index in [0.717, 1.165) is 5.56 Å².